The van der Waals surface area contributed by atoms with Crippen LogP contribution >= 0.6 is 0 Å². The molecule has 1 aliphatic rings. The van der Waals surface area contributed by atoms with Gasteiger partial charge in [0.1, 0.15) is 12.4 Å². The predicted molar refractivity (Wildman–Crippen MR) is 96.7 cm³/mol. The number of nitrogens with zero attached hydrogens (tertiary/aromatic N) is 1. The number of carboxylic acid groups (broad SMARTS) is 1. The first kappa shape index (κ1) is 16.2. The Bertz CT molecular complexity index is 959. The number of fused-ring (bicyclic) bond motifs is 1. The number of carboxylic acids is 1. The first-order valence-electron chi connectivity index (χ1n) is 8.34. The molecule has 2 N–H and O–H groups in total. The molecule has 0 fully saturated rings. The molecule has 6 heteroatoms. The number of carbonyl (C=O) groups is 1. The van der Waals surface area contributed by atoms with Crippen molar-refractivity contribution in [2.45, 2.75) is 19.9 Å². The molecule has 1 atom stereocenters. The van der Waals surface area contributed by atoms with E-state index in [-0.39, 0.29) is 11.6 Å². The van der Waals surface area contributed by atoms with E-state index in [1.807, 2.05) is 44.2 Å². The first-order valence-corrected chi connectivity index (χ1v) is 8.34. The fourth-order valence-corrected chi connectivity index (χ4v) is 3.37. The smallest absolute Gasteiger partial charge is 0.337 e. The molecule has 0 radical (unpaired) electrons. The zero-order chi connectivity index (χ0) is 18.3. The SMILES string of the molecule is Cc1noc(C)c1-c1ccc(C(=O)O)c2c1OCC(c1ccccc1)N2. The number of rotatable bonds is 3. The number of hydrogen-bond donors (Lipinski definition) is 2. The second-order valence-electron chi connectivity index (χ2n) is 6.29. The van der Waals surface area contributed by atoms with E-state index in [9.17, 15) is 9.90 Å². The van der Waals surface area contributed by atoms with E-state index in [1.54, 1.807) is 12.1 Å². The van der Waals surface area contributed by atoms with Crippen LogP contribution in [0, 0.1) is 13.8 Å². The van der Waals surface area contributed by atoms with Crippen molar-refractivity contribution in [1.82, 2.24) is 5.16 Å². The third kappa shape index (κ3) is 2.60. The van der Waals surface area contributed by atoms with Gasteiger partial charge in [-0.1, -0.05) is 35.5 Å². The van der Waals surface area contributed by atoms with Gasteiger partial charge >= 0.3 is 5.97 Å². The Morgan fingerprint density at radius 2 is 1.96 bits per heavy atom. The van der Waals surface area contributed by atoms with E-state index < -0.39 is 5.97 Å². The normalized spacial score (nSPS) is 15.7. The zero-order valence-electron chi connectivity index (χ0n) is 14.4. The van der Waals surface area contributed by atoms with Crippen LogP contribution in [0.2, 0.25) is 0 Å². The molecule has 0 spiro atoms. The summed E-state index contributed by atoms with van der Waals surface area (Å²) in [5, 5.41) is 16.9. The number of aromatic carboxylic acids is 1. The Hall–Kier alpha value is -3.28. The van der Waals surface area contributed by atoms with Crippen LogP contribution in [0.5, 0.6) is 5.75 Å². The predicted octanol–water partition coefficient (Wildman–Crippen LogP) is 4.20. The van der Waals surface area contributed by atoms with Crippen molar-refractivity contribution >= 4 is 11.7 Å². The maximum absolute atomic E-state index is 11.7. The largest absolute Gasteiger partial charge is 0.488 e. The third-order valence-electron chi connectivity index (χ3n) is 4.61. The van der Waals surface area contributed by atoms with Crippen molar-refractivity contribution in [2.24, 2.45) is 0 Å². The molecule has 2 aromatic carbocycles. The molecule has 3 aromatic rings. The molecular formula is C20H18N2O4. The number of aromatic nitrogens is 1. The van der Waals surface area contributed by atoms with Gasteiger partial charge in [0, 0.05) is 5.56 Å². The highest BCUT2D eigenvalue weighted by Gasteiger charge is 2.29. The van der Waals surface area contributed by atoms with Gasteiger partial charge in [-0.05, 0) is 31.5 Å². The van der Waals surface area contributed by atoms with Crippen molar-refractivity contribution in [3.8, 4) is 16.9 Å². The summed E-state index contributed by atoms with van der Waals surface area (Å²) in [6.07, 6.45) is 0. The van der Waals surface area contributed by atoms with Crippen LogP contribution in [-0.4, -0.2) is 22.8 Å². The summed E-state index contributed by atoms with van der Waals surface area (Å²) in [6.45, 7) is 4.08. The van der Waals surface area contributed by atoms with Crippen LogP contribution in [0.25, 0.3) is 11.1 Å². The minimum atomic E-state index is -1.00. The molecule has 1 unspecified atom stereocenters. The Labute approximate surface area is 150 Å². The summed E-state index contributed by atoms with van der Waals surface area (Å²) < 4.78 is 11.3. The lowest BCUT2D eigenvalue weighted by Crippen LogP contribution is -2.26. The number of benzene rings is 2. The summed E-state index contributed by atoms with van der Waals surface area (Å²) in [5.41, 5.74) is 4.04. The van der Waals surface area contributed by atoms with Crippen molar-refractivity contribution in [2.75, 3.05) is 11.9 Å². The number of anilines is 1. The number of aryl methyl sites for hydroxylation is 2. The highest BCUT2D eigenvalue weighted by atomic mass is 16.5. The van der Waals surface area contributed by atoms with Gasteiger partial charge in [-0.25, -0.2) is 4.79 Å². The van der Waals surface area contributed by atoms with Gasteiger partial charge in [-0.15, -0.1) is 0 Å². The molecule has 1 aliphatic heterocycles. The van der Waals surface area contributed by atoms with Gasteiger partial charge in [0.15, 0.2) is 5.75 Å². The second-order valence-corrected chi connectivity index (χ2v) is 6.29. The van der Waals surface area contributed by atoms with Crippen molar-refractivity contribution in [3.05, 3.63) is 65.0 Å². The summed E-state index contributed by atoms with van der Waals surface area (Å²) in [6, 6.07) is 13.0. The number of nitrogens with one attached hydrogen (secondary N) is 1. The van der Waals surface area contributed by atoms with E-state index in [0.717, 1.165) is 22.4 Å². The standard InChI is InChI=1S/C20H18N2O4/c1-11-17(12(2)26-22-11)14-8-9-15(20(23)24)18-19(14)25-10-16(21-18)13-6-4-3-5-7-13/h3-9,16,21H,10H2,1-2H3,(H,23,24). The monoisotopic (exact) mass is 350 g/mol. The summed E-state index contributed by atoms with van der Waals surface area (Å²) in [5.74, 6) is 0.185. The quantitative estimate of drug-likeness (QED) is 0.736. The van der Waals surface area contributed by atoms with Crippen LogP contribution in [-0.2, 0) is 0 Å². The van der Waals surface area contributed by atoms with Crippen LogP contribution in [0.3, 0.4) is 0 Å². The van der Waals surface area contributed by atoms with E-state index in [1.165, 1.54) is 0 Å². The van der Waals surface area contributed by atoms with E-state index in [0.29, 0.717) is 23.8 Å². The minimum absolute atomic E-state index is 0.123. The number of ether oxygens (including phenoxy) is 1. The highest BCUT2D eigenvalue weighted by molar-refractivity contribution is 5.99. The molecule has 1 aromatic heterocycles. The molecule has 0 amide bonds. The van der Waals surface area contributed by atoms with Crippen molar-refractivity contribution in [1.29, 1.82) is 0 Å². The fourth-order valence-electron chi connectivity index (χ4n) is 3.37. The minimum Gasteiger partial charge on any atom is -0.488 e. The molecule has 2 heterocycles. The maximum Gasteiger partial charge on any atom is 0.337 e. The van der Waals surface area contributed by atoms with Crippen LogP contribution in [0.15, 0.2) is 47.0 Å². The molecule has 0 saturated heterocycles. The van der Waals surface area contributed by atoms with Crippen LogP contribution in [0.4, 0.5) is 5.69 Å². The van der Waals surface area contributed by atoms with E-state index >= 15 is 0 Å². The molecule has 26 heavy (non-hydrogen) atoms. The summed E-state index contributed by atoms with van der Waals surface area (Å²) in [7, 11) is 0. The lowest BCUT2D eigenvalue weighted by atomic mass is 9.97. The lowest BCUT2D eigenvalue weighted by Gasteiger charge is -2.30. The van der Waals surface area contributed by atoms with Gasteiger partial charge in [0.2, 0.25) is 0 Å². The maximum atomic E-state index is 11.7. The van der Waals surface area contributed by atoms with Crippen LogP contribution in [0.1, 0.15) is 33.4 Å². The topological polar surface area (TPSA) is 84.6 Å². The van der Waals surface area contributed by atoms with Gasteiger partial charge in [-0.3, -0.25) is 0 Å². The van der Waals surface area contributed by atoms with Crippen LogP contribution < -0.4 is 10.1 Å². The second kappa shape index (κ2) is 6.22. The van der Waals surface area contributed by atoms with Gasteiger partial charge in [0.05, 0.1) is 28.6 Å². The Morgan fingerprint density at radius 3 is 2.62 bits per heavy atom. The lowest BCUT2D eigenvalue weighted by molar-refractivity contribution is 0.0697. The molecule has 132 valence electrons. The first-order chi connectivity index (χ1) is 12.6. The van der Waals surface area contributed by atoms with E-state index in [4.69, 9.17) is 9.26 Å². The summed E-state index contributed by atoms with van der Waals surface area (Å²) in [4.78, 5) is 11.7. The van der Waals surface area contributed by atoms with Gasteiger partial charge in [-0.2, -0.15) is 0 Å². The average molecular weight is 350 g/mol. The van der Waals surface area contributed by atoms with Crippen molar-refractivity contribution < 1.29 is 19.2 Å². The highest BCUT2D eigenvalue weighted by Crippen LogP contribution is 2.45. The third-order valence-corrected chi connectivity index (χ3v) is 4.61. The Kier molecular flexibility index (Phi) is 3.88. The zero-order valence-corrected chi connectivity index (χ0v) is 14.4. The molecule has 0 bridgehead atoms. The molecule has 0 saturated carbocycles. The average Bonchev–Trinajstić information content (AvgIpc) is 2.99. The summed E-state index contributed by atoms with van der Waals surface area (Å²) >= 11 is 0. The number of hydrogen-bond acceptors (Lipinski definition) is 5. The van der Waals surface area contributed by atoms with Gasteiger partial charge in [0.25, 0.3) is 0 Å². The molecule has 0 aliphatic carbocycles. The molecule has 6 nitrogen and oxygen atoms in total. The Balaban J connectivity index is 1.85. The fraction of sp³-hybridized carbons (Fsp3) is 0.200. The van der Waals surface area contributed by atoms with Gasteiger partial charge < -0.3 is 19.7 Å². The molecule has 4 rings (SSSR count). The van der Waals surface area contributed by atoms with E-state index in [2.05, 4.69) is 10.5 Å². The molecular weight excluding hydrogens is 332 g/mol. The van der Waals surface area contributed by atoms with Crippen molar-refractivity contribution in [3.63, 3.8) is 0 Å². The Morgan fingerprint density at radius 1 is 1.19 bits per heavy atom.